The summed E-state index contributed by atoms with van der Waals surface area (Å²) in [6.07, 6.45) is -4.81. The van der Waals surface area contributed by atoms with Crippen LogP contribution in [0, 0.1) is 0 Å². The Kier molecular flexibility index (Phi) is 6.35. The monoisotopic (exact) mass is 438 g/mol. The normalized spacial score (nSPS) is 11.5. The fourth-order valence-corrected chi connectivity index (χ4v) is 3.66. The molecule has 1 heterocycles. The number of ether oxygens (including phenoxy) is 2. The minimum absolute atomic E-state index is 0.0623. The van der Waals surface area contributed by atoms with Gasteiger partial charge in [-0.05, 0) is 49.1 Å². The SMILES string of the molecule is CCOC(=O)c1nn(-c2ccc(OC(F)(F)F)cc2)c2cccc(SCC)c2c1=O. The zero-order valence-corrected chi connectivity index (χ0v) is 16.8. The molecule has 0 aliphatic rings. The van der Waals surface area contributed by atoms with Gasteiger partial charge in [0, 0.05) is 4.90 Å². The summed E-state index contributed by atoms with van der Waals surface area (Å²) in [7, 11) is 0. The minimum atomic E-state index is -4.81. The molecule has 0 atom stereocenters. The molecule has 0 bridgehead atoms. The molecule has 158 valence electrons. The molecule has 3 rings (SSSR count). The molecule has 10 heteroatoms. The Morgan fingerprint density at radius 3 is 2.43 bits per heavy atom. The largest absolute Gasteiger partial charge is 0.573 e. The highest BCUT2D eigenvalue weighted by atomic mass is 32.2. The van der Waals surface area contributed by atoms with Gasteiger partial charge in [-0.2, -0.15) is 5.10 Å². The van der Waals surface area contributed by atoms with Crippen LogP contribution in [-0.4, -0.2) is 34.5 Å². The molecule has 0 aliphatic heterocycles. The lowest BCUT2D eigenvalue weighted by Gasteiger charge is -2.14. The van der Waals surface area contributed by atoms with E-state index in [4.69, 9.17) is 4.74 Å². The van der Waals surface area contributed by atoms with Crippen molar-refractivity contribution in [3.8, 4) is 11.4 Å². The quantitative estimate of drug-likeness (QED) is 0.415. The molecule has 3 aromatic rings. The predicted octanol–water partition coefficient (Wildman–Crippen LogP) is 4.57. The zero-order valence-electron chi connectivity index (χ0n) is 16.0. The first-order valence-corrected chi connectivity index (χ1v) is 9.96. The smallest absolute Gasteiger partial charge is 0.461 e. The lowest BCUT2D eigenvalue weighted by Crippen LogP contribution is -2.24. The van der Waals surface area contributed by atoms with Crippen LogP contribution < -0.4 is 10.2 Å². The molecule has 0 fully saturated rings. The third-order valence-corrected chi connectivity index (χ3v) is 4.90. The number of carbonyl (C=O) groups is 1. The summed E-state index contributed by atoms with van der Waals surface area (Å²) in [5.41, 5.74) is -0.202. The number of thioether (sulfide) groups is 1. The molecule has 0 unspecified atom stereocenters. The van der Waals surface area contributed by atoms with Gasteiger partial charge in [0.2, 0.25) is 11.1 Å². The fourth-order valence-electron chi connectivity index (χ4n) is 2.84. The van der Waals surface area contributed by atoms with Gasteiger partial charge in [-0.3, -0.25) is 4.79 Å². The molecule has 2 aromatic carbocycles. The maximum atomic E-state index is 13.0. The van der Waals surface area contributed by atoms with Gasteiger partial charge < -0.3 is 9.47 Å². The van der Waals surface area contributed by atoms with E-state index in [-0.39, 0.29) is 12.0 Å². The first-order chi connectivity index (χ1) is 14.2. The van der Waals surface area contributed by atoms with Crippen LogP contribution in [0.3, 0.4) is 0 Å². The minimum Gasteiger partial charge on any atom is -0.461 e. The lowest BCUT2D eigenvalue weighted by molar-refractivity contribution is -0.274. The van der Waals surface area contributed by atoms with Crippen LogP contribution >= 0.6 is 11.8 Å². The summed E-state index contributed by atoms with van der Waals surface area (Å²) in [5.74, 6) is -0.574. The molecule has 0 N–H and O–H groups in total. The Balaban J connectivity index is 2.23. The van der Waals surface area contributed by atoms with Crippen molar-refractivity contribution in [1.82, 2.24) is 9.78 Å². The third-order valence-electron chi connectivity index (χ3n) is 3.96. The molecule has 0 aliphatic carbocycles. The molecule has 0 radical (unpaired) electrons. The summed E-state index contributed by atoms with van der Waals surface area (Å²) in [6.45, 7) is 3.59. The number of rotatable bonds is 6. The van der Waals surface area contributed by atoms with Gasteiger partial charge in [-0.1, -0.05) is 13.0 Å². The molecule has 0 amide bonds. The van der Waals surface area contributed by atoms with Crippen molar-refractivity contribution in [2.45, 2.75) is 25.1 Å². The topological polar surface area (TPSA) is 70.4 Å². The summed E-state index contributed by atoms with van der Waals surface area (Å²) < 4.78 is 47.4. The van der Waals surface area contributed by atoms with E-state index in [1.807, 2.05) is 6.92 Å². The molecule has 1 aromatic heterocycles. The van der Waals surface area contributed by atoms with Crippen molar-refractivity contribution in [2.75, 3.05) is 12.4 Å². The average molecular weight is 438 g/mol. The van der Waals surface area contributed by atoms with Crippen LogP contribution in [-0.2, 0) is 4.74 Å². The molecule has 0 spiro atoms. The highest BCUT2D eigenvalue weighted by molar-refractivity contribution is 7.99. The van der Waals surface area contributed by atoms with Crippen molar-refractivity contribution in [1.29, 1.82) is 0 Å². The molecule has 0 saturated heterocycles. The van der Waals surface area contributed by atoms with Crippen molar-refractivity contribution in [3.63, 3.8) is 0 Å². The maximum Gasteiger partial charge on any atom is 0.573 e. The number of halogens is 3. The second kappa shape index (κ2) is 8.78. The van der Waals surface area contributed by atoms with E-state index in [1.54, 1.807) is 25.1 Å². The number of hydrogen-bond acceptors (Lipinski definition) is 6. The van der Waals surface area contributed by atoms with Crippen LogP contribution in [0.25, 0.3) is 16.6 Å². The molecule has 0 saturated carbocycles. The number of benzene rings is 2. The number of carbonyl (C=O) groups excluding carboxylic acids is 1. The third kappa shape index (κ3) is 4.59. The van der Waals surface area contributed by atoms with E-state index in [1.165, 1.54) is 28.6 Å². The van der Waals surface area contributed by atoms with Crippen molar-refractivity contribution >= 4 is 28.6 Å². The van der Waals surface area contributed by atoms with Crippen molar-refractivity contribution in [2.24, 2.45) is 0 Å². The highest BCUT2D eigenvalue weighted by Crippen LogP contribution is 2.28. The average Bonchev–Trinajstić information content (AvgIpc) is 2.68. The number of hydrogen-bond donors (Lipinski definition) is 0. The summed E-state index contributed by atoms with van der Waals surface area (Å²) in [6, 6.07) is 10.1. The van der Waals surface area contributed by atoms with Gasteiger partial charge in [0.15, 0.2) is 0 Å². The van der Waals surface area contributed by atoms with Crippen molar-refractivity contribution < 1.29 is 27.4 Å². The Hall–Kier alpha value is -3.01. The van der Waals surface area contributed by atoms with E-state index in [0.717, 1.165) is 12.1 Å². The second-order valence-electron chi connectivity index (χ2n) is 5.93. The molecule has 6 nitrogen and oxygen atoms in total. The standard InChI is InChI=1S/C20H17F3N2O4S/c1-3-28-19(27)17-18(26)16-14(6-5-7-15(16)30-4-2)25(24-17)12-8-10-13(11-9-12)29-20(21,22)23/h5-11H,3-4H2,1-2H3. The van der Waals surface area contributed by atoms with E-state index in [2.05, 4.69) is 9.84 Å². The van der Waals surface area contributed by atoms with Crippen LogP contribution in [0.1, 0.15) is 24.3 Å². The fraction of sp³-hybridized carbons (Fsp3) is 0.250. The molecule has 30 heavy (non-hydrogen) atoms. The predicted molar refractivity (Wildman–Crippen MR) is 106 cm³/mol. The summed E-state index contributed by atoms with van der Waals surface area (Å²) in [5, 5.41) is 4.44. The lowest BCUT2D eigenvalue weighted by atomic mass is 10.2. The summed E-state index contributed by atoms with van der Waals surface area (Å²) in [4.78, 5) is 26.0. The number of fused-ring (bicyclic) bond motifs is 1. The van der Waals surface area contributed by atoms with Crippen LogP contribution in [0.4, 0.5) is 13.2 Å². The van der Waals surface area contributed by atoms with E-state index < -0.39 is 29.2 Å². The van der Waals surface area contributed by atoms with Gasteiger partial charge in [0.25, 0.3) is 0 Å². The van der Waals surface area contributed by atoms with Gasteiger partial charge in [-0.25, -0.2) is 9.48 Å². The van der Waals surface area contributed by atoms with Crippen LogP contribution in [0.5, 0.6) is 5.75 Å². The zero-order chi connectivity index (χ0) is 21.9. The Morgan fingerprint density at radius 2 is 1.83 bits per heavy atom. The van der Waals surface area contributed by atoms with E-state index in [0.29, 0.717) is 21.9 Å². The van der Waals surface area contributed by atoms with Gasteiger partial charge in [-0.15, -0.1) is 24.9 Å². The van der Waals surface area contributed by atoms with Gasteiger partial charge >= 0.3 is 12.3 Å². The molecular formula is C20H17F3N2O4S. The number of nitrogens with zero attached hydrogens (tertiary/aromatic N) is 2. The Morgan fingerprint density at radius 1 is 1.13 bits per heavy atom. The van der Waals surface area contributed by atoms with E-state index in [9.17, 15) is 22.8 Å². The number of alkyl halides is 3. The van der Waals surface area contributed by atoms with Gasteiger partial charge in [0.1, 0.15) is 5.75 Å². The Bertz CT molecular complexity index is 1130. The first-order valence-electron chi connectivity index (χ1n) is 8.97. The van der Waals surface area contributed by atoms with Crippen LogP contribution in [0.2, 0.25) is 0 Å². The maximum absolute atomic E-state index is 13.0. The summed E-state index contributed by atoms with van der Waals surface area (Å²) >= 11 is 1.43. The second-order valence-corrected chi connectivity index (χ2v) is 7.24. The number of esters is 1. The molecular weight excluding hydrogens is 421 g/mol. The number of aromatic nitrogens is 2. The van der Waals surface area contributed by atoms with Crippen molar-refractivity contribution in [3.05, 3.63) is 58.4 Å². The van der Waals surface area contributed by atoms with Crippen LogP contribution in [0.15, 0.2) is 52.2 Å². The van der Waals surface area contributed by atoms with Gasteiger partial charge in [0.05, 0.1) is 23.2 Å². The highest BCUT2D eigenvalue weighted by Gasteiger charge is 2.31. The first kappa shape index (κ1) is 21.7. The van der Waals surface area contributed by atoms with E-state index >= 15 is 0 Å². The Labute approximate surface area is 173 Å².